The van der Waals surface area contributed by atoms with Gasteiger partial charge in [-0.15, -0.1) is 0 Å². The van der Waals surface area contributed by atoms with Crippen LogP contribution in [0.5, 0.6) is 0 Å². The summed E-state index contributed by atoms with van der Waals surface area (Å²) in [5.74, 6) is 0. The van der Waals surface area contributed by atoms with Gasteiger partial charge in [-0.25, -0.2) is 0 Å². The van der Waals surface area contributed by atoms with Crippen molar-refractivity contribution in [2.24, 2.45) is 0 Å². The molecule has 2 heteroatoms. The van der Waals surface area contributed by atoms with Crippen LogP contribution < -0.4 is 0 Å². The predicted octanol–water partition coefficient (Wildman–Crippen LogP) is 4.51. The van der Waals surface area contributed by atoms with Crippen molar-refractivity contribution in [3.8, 4) is 0 Å². The Kier molecular flexibility index (Phi) is 4.10. The first-order valence-electron chi connectivity index (χ1n) is 6.10. The van der Waals surface area contributed by atoms with Crippen LogP contribution in [-0.2, 0) is 0 Å². The lowest BCUT2D eigenvalue weighted by molar-refractivity contribution is 0.196. The summed E-state index contributed by atoms with van der Waals surface area (Å²) in [5.41, 5.74) is 3.52. The van der Waals surface area contributed by atoms with E-state index in [-0.39, 0.29) is 0 Å². The van der Waals surface area contributed by atoms with Crippen LogP contribution in [0.15, 0.2) is 52.3 Å². The van der Waals surface area contributed by atoms with E-state index in [0.717, 1.165) is 10.5 Å². The molecule has 94 valence electrons. The van der Waals surface area contributed by atoms with E-state index in [1.165, 1.54) is 16.0 Å². The van der Waals surface area contributed by atoms with Crippen molar-refractivity contribution in [3.05, 3.63) is 59.2 Å². The SMILES string of the molecule is Cc1ccc(C)c(Sc2ccccc2[C@H](C)O)c1. The standard InChI is InChI=1S/C16H18OS/c1-11-8-9-12(2)16(10-11)18-15-7-5-4-6-14(15)13(3)17/h4-10,13,17H,1-3H3/t13-/m0/s1. The van der Waals surface area contributed by atoms with Gasteiger partial charge in [0.05, 0.1) is 6.10 Å². The maximum absolute atomic E-state index is 9.79. The van der Waals surface area contributed by atoms with Crippen LogP contribution in [-0.4, -0.2) is 5.11 Å². The second-order valence-corrected chi connectivity index (χ2v) is 5.67. The minimum atomic E-state index is -0.432. The van der Waals surface area contributed by atoms with E-state index in [9.17, 15) is 5.11 Å². The fourth-order valence-corrected chi connectivity index (χ4v) is 3.07. The molecule has 0 aliphatic rings. The molecule has 0 aliphatic carbocycles. The van der Waals surface area contributed by atoms with Gasteiger partial charge in [-0.1, -0.05) is 42.1 Å². The molecular formula is C16H18OS. The molecule has 1 nitrogen and oxygen atoms in total. The molecule has 0 radical (unpaired) electrons. The number of benzene rings is 2. The van der Waals surface area contributed by atoms with Gasteiger partial charge in [0.15, 0.2) is 0 Å². The van der Waals surface area contributed by atoms with Crippen molar-refractivity contribution in [1.82, 2.24) is 0 Å². The van der Waals surface area contributed by atoms with Crippen molar-refractivity contribution >= 4 is 11.8 Å². The van der Waals surface area contributed by atoms with Crippen LogP contribution in [0.25, 0.3) is 0 Å². The van der Waals surface area contributed by atoms with Gasteiger partial charge in [-0.2, -0.15) is 0 Å². The van der Waals surface area contributed by atoms with E-state index < -0.39 is 6.10 Å². The van der Waals surface area contributed by atoms with Crippen LogP contribution in [0.3, 0.4) is 0 Å². The molecule has 2 rings (SSSR count). The van der Waals surface area contributed by atoms with Gasteiger partial charge >= 0.3 is 0 Å². The number of aryl methyl sites for hydroxylation is 2. The molecular weight excluding hydrogens is 240 g/mol. The average Bonchev–Trinajstić information content (AvgIpc) is 2.34. The Labute approximate surface area is 113 Å². The number of aliphatic hydroxyl groups is 1. The first kappa shape index (κ1) is 13.2. The molecule has 0 unspecified atom stereocenters. The molecule has 0 aromatic heterocycles. The van der Waals surface area contributed by atoms with E-state index >= 15 is 0 Å². The van der Waals surface area contributed by atoms with E-state index in [1.54, 1.807) is 11.8 Å². The van der Waals surface area contributed by atoms with Crippen molar-refractivity contribution < 1.29 is 5.11 Å². The second-order valence-electron chi connectivity index (χ2n) is 4.58. The van der Waals surface area contributed by atoms with Crippen LogP contribution in [0.2, 0.25) is 0 Å². The third-order valence-electron chi connectivity index (χ3n) is 2.93. The van der Waals surface area contributed by atoms with Gasteiger partial charge in [0, 0.05) is 9.79 Å². The first-order valence-corrected chi connectivity index (χ1v) is 6.91. The first-order chi connectivity index (χ1) is 8.58. The van der Waals surface area contributed by atoms with Crippen LogP contribution in [0.1, 0.15) is 29.7 Å². The van der Waals surface area contributed by atoms with E-state index in [0.29, 0.717) is 0 Å². The molecule has 0 aliphatic heterocycles. The van der Waals surface area contributed by atoms with E-state index in [4.69, 9.17) is 0 Å². The van der Waals surface area contributed by atoms with Gasteiger partial charge in [0.25, 0.3) is 0 Å². The number of hydrogen-bond acceptors (Lipinski definition) is 2. The van der Waals surface area contributed by atoms with E-state index in [1.807, 2.05) is 25.1 Å². The topological polar surface area (TPSA) is 20.2 Å². The maximum atomic E-state index is 9.79. The quantitative estimate of drug-likeness (QED) is 0.874. The average molecular weight is 258 g/mol. The van der Waals surface area contributed by atoms with Crippen LogP contribution in [0.4, 0.5) is 0 Å². The number of aliphatic hydroxyl groups excluding tert-OH is 1. The Morgan fingerprint density at radius 3 is 2.44 bits per heavy atom. The zero-order valence-corrected chi connectivity index (χ0v) is 11.8. The van der Waals surface area contributed by atoms with Crippen molar-refractivity contribution in [2.45, 2.75) is 36.7 Å². The summed E-state index contributed by atoms with van der Waals surface area (Å²) in [5, 5.41) is 9.79. The number of hydrogen-bond donors (Lipinski definition) is 1. The molecule has 0 fully saturated rings. The minimum Gasteiger partial charge on any atom is -0.389 e. The molecule has 18 heavy (non-hydrogen) atoms. The maximum Gasteiger partial charge on any atom is 0.0772 e. The third kappa shape index (κ3) is 2.95. The van der Waals surface area contributed by atoms with Crippen LogP contribution in [0, 0.1) is 13.8 Å². The molecule has 1 atom stereocenters. The highest BCUT2D eigenvalue weighted by molar-refractivity contribution is 7.99. The summed E-state index contributed by atoms with van der Waals surface area (Å²) >= 11 is 1.72. The van der Waals surface area contributed by atoms with Gasteiger partial charge < -0.3 is 5.11 Å². The summed E-state index contributed by atoms with van der Waals surface area (Å²) < 4.78 is 0. The Bertz CT molecular complexity index is 547. The highest BCUT2D eigenvalue weighted by Crippen LogP contribution is 2.35. The van der Waals surface area contributed by atoms with Gasteiger partial charge in [0.2, 0.25) is 0 Å². The molecule has 0 bridgehead atoms. The molecule has 2 aromatic rings. The van der Waals surface area contributed by atoms with Gasteiger partial charge in [0.1, 0.15) is 0 Å². The van der Waals surface area contributed by atoms with Crippen molar-refractivity contribution in [3.63, 3.8) is 0 Å². The highest BCUT2D eigenvalue weighted by Gasteiger charge is 2.09. The highest BCUT2D eigenvalue weighted by atomic mass is 32.2. The monoisotopic (exact) mass is 258 g/mol. The zero-order valence-electron chi connectivity index (χ0n) is 11.0. The predicted molar refractivity (Wildman–Crippen MR) is 77.1 cm³/mol. The lowest BCUT2D eigenvalue weighted by Crippen LogP contribution is -1.93. The summed E-state index contributed by atoms with van der Waals surface area (Å²) in [6.07, 6.45) is -0.432. The molecule has 0 saturated carbocycles. The van der Waals surface area contributed by atoms with Crippen molar-refractivity contribution in [2.75, 3.05) is 0 Å². The largest absolute Gasteiger partial charge is 0.389 e. The summed E-state index contributed by atoms with van der Waals surface area (Å²) in [4.78, 5) is 2.38. The van der Waals surface area contributed by atoms with Crippen LogP contribution >= 0.6 is 11.8 Å². The van der Waals surface area contributed by atoms with Gasteiger partial charge in [-0.3, -0.25) is 0 Å². The minimum absolute atomic E-state index is 0.432. The summed E-state index contributed by atoms with van der Waals surface area (Å²) in [6, 6.07) is 14.5. The second kappa shape index (κ2) is 5.59. The molecule has 0 spiro atoms. The third-order valence-corrected chi connectivity index (χ3v) is 4.18. The zero-order chi connectivity index (χ0) is 13.1. The molecule has 0 amide bonds. The summed E-state index contributed by atoms with van der Waals surface area (Å²) in [7, 11) is 0. The smallest absolute Gasteiger partial charge is 0.0772 e. The summed E-state index contributed by atoms with van der Waals surface area (Å²) in [6.45, 7) is 6.03. The Morgan fingerprint density at radius 2 is 1.72 bits per heavy atom. The molecule has 1 N–H and O–H groups in total. The normalized spacial score (nSPS) is 12.4. The van der Waals surface area contributed by atoms with Gasteiger partial charge in [-0.05, 0) is 49.6 Å². The molecule has 0 heterocycles. The van der Waals surface area contributed by atoms with E-state index in [2.05, 4.69) is 38.1 Å². The lowest BCUT2D eigenvalue weighted by atomic mass is 10.1. The Hall–Kier alpha value is -1.25. The molecule has 2 aromatic carbocycles. The van der Waals surface area contributed by atoms with Crippen molar-refractivity contribution in [1.29, 1.82) is 0 Å². The number of rotatable bonds is 3. The lowest BCUT2D eigenvalue weighted by Gasteiger charge is -2.13. The Morgan fingerprint density at radius 1 is 1.00 bits per heavy atom. The molecule has 0 saturated heterocycles. The fraction of sp³-hybridized carbons (Fsp3) is 0.250. The fourth-order valence-electron chi connectivity index (χ4n) is 1.85. The Balaban J connectivity index is 2.37.